The van der Waals surface area contributed by atoms with Gasteiger partial charge in [0.1, 0.15) is 0 Å². The lowest BCUT2D eigenvalue weighted by Gasteiger charge is -2.49. The highest BCUT2D eigenvalue weighted by atomic mass is 32.2. The van der Waals surface area contributed by atoms with Crippen molar-refractivity contribution in [2.24, 2.45) is 18.0 Å². The molecule has 3 rings (SSSR count). The first-order valence-electron chi connectivity index (χ1n) is 11.8. The number of amidine groups is 1. The molecule has 0 aliphatic carbocycles. The fourth-order valence-electron chi connectivity index (χ4n) is 5.23. The van der Waals surface area contributed by atoms with Gasteiger partial charge in [0.15, 0.2) is 5.17 Å². The Morgan fingerprint density at radius 2 is 1.89 bits per heavy atom. The minimum atomic E-state index is -4.49. The largest absolute Gasteiger partial charge is 0.416 e. The first-order valence-corrected chi connectivity index (χ1v) is 12.7. The predicted octanol–water partition coefficient (Wildman–Crippen LogP) is 5.76. The van der Waals surface area contributed by atoms with Gasteiger partial charge in [0, 0.05) is 48.2 Å². The molecule has 1 atom stereocenters. The summed E-state index contributed by atoms with van der Waals surface area (Å²) in [5.74, 6) is 5.80. The van der Waals surface area contributed by atoms with E-state index in [4.69, 9.17) is 5.84 Å². The van der Waals surface area contributed by atoms with Crippen molar-refractivity contribution in [3.05, 3.63) is 41.7 Å². The van der Waals surface area contributed by atoms with Crippen LogP contribution in [0.5, 0.6) is 0 Å². The summed E-state index contributed by atoms with van der Waals surface area (Å²) in [7, 11) is 3.67. The fourth-order valence-corrected chi connectivity index (χ4v) is 6.36. The van der Waals surface area contributed by atoms with Crippen LogP contribution in [-0.2, 0) is 13.2 Å². The zero-order chi connectivity index (χ0) is 26.2. The number of hydrogen-bond acceptors (Lipinski definition) is 5. The number of thioether (sulfide) groups is 1. The van der Waals surface area contributed by atoms with Crippen LogP contribution in [0.1, 0.15) is 70.3 Å². The third-order valence-electron chi connectivity index (χ3n) is 6.49. The average Bonchev–Trinajstić information content (AvgIpc) is 3.17. The van der Waals surface area contributed by atoms with Crippen LogP contribution < -0.4 is 11.2 Å². The second-order valence-corrected chi connectivity index (χ2v) is 11.9. The number of aryl methyl sites for hydroxylation is 1. The zero-order valence-electron chi connectivity index (χ0n) is 21.6. The van der Waals surface area contributed by atoms with Crippen molar-refractivity contribution < 1.29 is 13.2 Å². The summed E-state index contributed by atoms with van der Waals surface area (Å²) < 4.78 is 44.1. The molecule has 2 heterocycles. The lowest BCUT2D eigenvalue weighted by molar-refractivity contribution is -0.138. The summed E-state index contributed by atoms with van der Waals surface area (Å²) in [6, 6.07) is 4.68. The Bertz CT molecular complexity index is 1040. The molecule has 1 aliphatic heterocycles. The standard InChI is InChI=1S/C25H37F3N6S/c1-8-21(35-22(31-29)34(7)18-12-23(2,3)32-24(4,5)13-18)19-10-9-16(11-20(19)25(26,27)28)17-14-30-33(6)15-17/h9-11,14-15,18,21,32H,8,12-13,29H2,1-7H3/b31-22-. The fraction of sp³-hybridized carbons (Fsp3) is 0.600. The molecule has 0 bridgehead atoms. The topological polar surface area (TPSA) is 71.5 Å². The first kappa shape index (κ1) is 27.4. The van der Waals surface area contributed by atoms with E-state index in [0.29, 0.717) is 22.7 Å². The van der Waals surface area contributed by atoms with Crippen molar-refractivity contribution in [3.63, 3.8) is 0 Å². The molecule has 1 aromatic carbocycles. The molecule has 1 fully saturated rings. The number of alkyl halides is 3. The van der Waals surface area contributed by atoms with Crippen molar-refractivity contribution in [2.75, 3.05) is 7.05 Å². The van der Waals surface area contributed by atoms with E-state index in [2.05, 4.69) is 43.2 Å². The molecule has 1 aromatic heterocycles. The Kier molecular flexibility index (Phi) is 7.86. The third-order valence-corrected chi connectivity index (χ3v) is 7.97. The molecule has 0 saturated carbocycles. The minimum Gasteiger partial charge on any atom is -0.350 e. The number of hydrogen-bond donors (Lipinski definition) is 2. The summed E-state index contributed by atoms with van der Waals surface area (Å²) in [4.78, 5) is 2.04. The Hall–Kier alpha value is -2.20. The van der Waals surface area contributed by atoms with Crippen LogP contribution in [0.25, 0.3) is 11.1 Å². The van der Waals surface area contributed by atoms with Gasteiger partial charge >= 0.3 is 6.18 Å². The molecule has 0 radical (unpaired) electrons. The van der Waals surface area contributed by atoms with Gasteiger partial charge in [0.05, 0.1) is 11.8 Å². The quantitative estimate of drug-likeness (QED) is 0.232. The van der Waals surface area contributed by atoms with Gasteiger partial charge in [-0.3, -0.25) is 4.68 Å². The van der Waals surface area contributed by atoms with E-state index in [9.17, 15) is 13.2 Å². The molecule has 10 heteroatoms. The van der Waals surface area contributed by atoms with Gasteiger partial charge in [-0.15, -0.1) is 0 Å². The molecule has 0 spiro atoms. The predicted molar refractivity (Wildman–Crippen MR) is 138 cm³/mol. The molecule has 35 heavy (non-hydrogen) atoms. The van der Waals surface area contributed by atoms with Gasteiger partial charge in [0.2, 0.25) is 0 Å². The monoisotopic (exact) mass is 510 g/mol. The minimum absolute atomic E-state index is 0.0825. The maximum atomic E-state index is 14.2. The molecular weight excluding hydrogens is 473 g/mol. The normalized spacial score (nSPS) is 19.5. The summed E-state index contributed by atoms with van der Waals surface area (Å²) in [6.45, 7) is 10.5. The van der Waals surface area contributed by atoms with E-state index < -0.39 is 17.0 Å². The highest BCUT2D eigenvalue weighted by molar-refractivity contribution is 8.14. The molecular formula is C25H37F3N6S. The van der Waals surface area contributed by atoms with Crippen molar-refractivity contribution in [2.45, 2.75) is 82.4 Å². The lowest BCUT2D eigenvalue weighted by atomic mass is 9.79. The molecule has 1 saturated heterocycles. The smallest absolute Gasteiger partial charge is 0.350 e. The SMILES string of the molecule is CCC(S/C(=N\N)N(C)C1CC(C)(C)NC(C)(C)C1)c1ccc(-c2cnn(C)c2)cc1C(F)(F)F. The number of piperidine rings is 1. The van der Waals surface area contributed by atoms with Gasteiger partial charge < -0.3 is 16.1 Å². The van der Waals surface area contributed by atoms with Gasteiger partial charge in [-0.05, 0) is 64.2 Å². The van der Waals surface area contributed by atoms with Crippen molar-refractivity contribution >= 4 is 16.9 Å². The second-order valence-electron chi connectivity index (χ2n) is 10.7. The number of aromatic nitrogens is 2. The summed E-state index contributed by atoms with van der Waals surface area (Å²) >= 11 is 1.30. The second kappa shape index (κ2) is 10.0. The van der Waals surface area contributed by atoms with Gasteiger partial charge in [-0.1, -0.05) is 30.8 Å². The first-order chi connectivity index (χ1) is 16.2. The average molecular weight is 511 g/mol. The van der Waals surface area contributed by atoms with Gasteiger partial charge in [-0.2, -0.15) is 23.4 Å². The van der Waals surface area contributed by atoms with Crippen LogP contribution in [0, 0.1) is 0 Å². The number of rotatable bonds is 5. The summed E-state index contributed by atoms with van der Waals surface area (Å²) in [6.07, 6.45) is 1.02. The molecule has 3 N–H and O–H groups in total. The van der Waals surface area contributed by atoms with Crippen molar-refractivity contribution in [3.8, 4) is 11.1 Å². The molecule has 1 aliphatic rings. The van der Waals surface area contributed by atoms with E-state index in [1.165, 1.54) is 17.8 Å². The number of benzene rings is 1. The summed E-state index contributed by atoms with van der Waals surface area (Å²) in [5, 5.41) is 11.9. The highest BCUT2D eigenvalue weighted by Crippen LogP contribution is 2.44. The zero-order valence-corrected chi connectivity index (χ0v) is 22.4. The number of halogens is 3. The van der Waals surface area contributed by atoms with Crippen LogP contribution in [0.4, 0.5) is 13.2 Å². The van der Waals surface area contributed by atoms with Crippen LogP contribution in [0.2, 0.25) is 0 Å². The maximum Gasteiger partial charge on any atom is 0.416 e. The number of nitrogens with zero attached hydrogens (tertiary/aromatic N) is 4. The van der Waals surface area contributed by atoms with Crippen LogP contribution >= 0.6 is 11.8 Å². The van der Waals surface area contributed by atoms with E-state index in [0.717, 1.165) is 12.8 Å². The van der Waals surface area contributed by atoms with E-state index in [1.807, 2.05) is 18.9 Å². The Morgan fingerprint density at radius 1 is 1.26 bits per heavy atom. The van der Waals surface area contributed by atoms with Crippen LogP contribution in [0.3, 0.4) is 0 Å². The van der Waals surface area contributed by atoms with Crippen molar-refractivity contribution in [1.82, 2.24) is 20.0 Å². The Labute approximate surface area is 210 Å². The van der Waals surface area contributed by atoms with E-state index in [1.54, 1.807) is 36.3 Å². The molecule has 194 valence electrons. The van der Waals surface area contributed by atoms with E-state index >= 15 is 0 Å². The van der Waals surface area contributed by atoms with Gasteiger partial charge in [0.25, 0.3) is 0 Å². The number of hydrazone groups is 1. The van der Waals surface area contributed by atoms with Crippen LogP contribution in [0.15, 0.2) is 35.7 Å². The van der Waals surface area contributed by atoms with E-state index in [-0.39, 0.29) is 22.7 Å². The molecule has 1 unspecified atom stereocenters. The van der Waals surface area contributed by atoms with Crippen molar-refractivity contribution in [1.29, 1.82) is 0 Å². The number of nitrogens with one attached hydrogen (secondary N) is 1. The number of nitrogens with two attached hydrogens (primary N) is 1. The summed E-state index contributed by atoms with van der Waals surface area (Å²) in [5.41, 5.74) is 0.560. The highest BCUT2D eigenvalue weighted by Gasteiger charge is 2.41. The Balaban J connectivity index is 1.91. The molecule has 0 amide bonds. The molecule has 6 nitrogen and oxygen atoms in total. The molecule has 2 aromatic rings. The van der Waals surface area contributed by atoms with Gasteiger partial charge in [-0.25, -0.2) is 0 Å². The third kappa shape index (κ3) is 6.52. The maximum absolute atomic E-state index is 14.2. The van der Waals surface area contributed by atoms with Crippen LogP contribution in [-0.4, -0.2) is 44.0 Å². The lowest BCUT2D eigenvalue weighted by Crippen LogP contribution is -2.62. The Morgan fingerprint density at radius 3 is 2.37 bits per heavy atom.